The average molecular weight is 339 g/mol. The van der Waals surface area contributed by atoms with Gasteiger partial charge in [0.25, 0.3) is 0 Å². The number of nitrogens with one attached hydrogen (secondary N) is 1. The molecular formula is C19H25N5O. The topological polar surface area (TPSA) is 58.6 Å². The summed E-state index contributed by atoms with van der Waals surface area (Å²) in [4.78, 5) is 7.03. The number of aryl methyl sites for hydroxylation is 2. The van der Waals surface area contributed by atoms with Gasteiger partial charge in [0.2, 0.25) is 0 Å². The van der Waals surface area contributed by atoms with Crippen LogP contribution in [-0.4, -0.2) is 39.1 Å². The standard InChI is InChI=1S/C19H25N5O/c1-14-9-18(24-19(21-14)10-15(2)22-24)20-11-16-5-3-7-23(12-16)13-17-6-4-8-25-17/h4,6,8-10,16,20H,3,5,7,11-13H2,1-2H3/t16-/m1/s1. The number of rotatable bonds is 5. The molecule has 0 radical (unpaired) electrons. The van der Waals surface area contributed by atoms with Gasteiger partial charge < -0.3 is 9.73 Å². The second kappa shape index (κ2) is 6.88. The molecule has 1 saturated heterocycles. The summed E-state index contributed by atoms with van der Waals surface area (Å²) >= 11 is 0. The van der Waals surface area contributed by atoms with E-state index in [2.05, 4.69) is 32.4 Å². The zero-order chi connectivity index (χ0) is 17.2. The average Bonchev–Trinajstić information content (AvgIpc) is 3.21. The lowest BCUT2D eigenvalue weighted by molar-refractivity contribution is 0.162. The third kappa shape index (κ3) is 3.69. The van der Waals surface area contributed by atoms with Crippen molar-refractivity contribution >= 4 is 11.5 Å². The minimum absolute atomic E-state index is 0.629. The van der Waals surface area contributed by atoms with Gasteiger partial charge >= 0.3 is 0 Å². The van der Waals surface area contributed by atoms with Crippen LogP contribution in [0, 0.1) is 19.8 Å². The monoisotopic (exact) mass is 339 g/mol. The molecule has 1 fully saturated rings. The largest absolute Gasteiger partial charge is 0.468 e. The summed E-state index contributed by atoms with van der Waals surface area (Å²) in [5.74, 6) is 2.70. The maximum atomic E-state index is 5.49. The molecule has 6 heteroatoms. The number of nitrogens with zero attached hydrogens (tertiary/aromatic N) is 4. The van der Waals surface area contributed by atoms with Gasteiger partial charge in [-0.2, -0.15) is 9.61 Å². The van der Waals surface area contributed by atoms with Gasteiger partial charge in [0.05, 0.1) is 18.5 Å². The van der Waals surface area contributed by atoms with Gasteiger partial charge in [-0.3, -0.25) is 4.90 Å². The molecule has 0 bridgehead atoms. The fourth-order valence-electron chi connectivity index (χ4n) is 3.67. The fourth-order valence-corrected chi connectivity index (χ4v) is 3.67. The molecule has 0 unspecified atom stereocenters. The number of aromatic nitrogens is 3. The number of hydrogen-bond acceptors (Lipinski definition) is 5. The first-order valence-electron chi connectivity index (χ1n) is 9.00. The highest BCUT2D eigenvalue weighted by atomic mass is 16.3. The Labute approximate surface area is 147 Å². The summed E-state index contributed by atoms with van der Waals surface area (Å²) in [5, 5.41) is 8.15. The molecule has 0 spiro atoms. The predicted molar refractivity (Wildman–Crippen MR) is 97.7 cm³/mol. The van der Waals surface area contributed by atoms with Gasteiger partial charge in [-0.05, 0) is 51.3 Å². The van der Waals surface area contributed by atoms with Gasteiger partial charge in [0.15, 0.2) is 5.65 Å². The van der Waals surface area contributed by atoms with E-state index in [0.29, 0.717) is 5.92 Å². The molecular weight excluding hydrogens is 314 g/mol. The molecule has 4 rings (SSSR count). The third-order valence-electron chi connectivity index (χ3n) is 4.81. The van der Waals surface area contributed by atoms with E-state index in [4.69, 9.17) is 4.42 Å². The van der Waals surface area contributed by atoms with Crippen molar-refractivity contribution < 1.29 is 4.42 Å². The Balaban J connectivity index is 1.41. The van der Waals surface area contributed by atoms with E-state index < -0.39 is 0 Å². The van der Waals surface area contributed by atoms with Gasteiger partial charge in [0.1, 0.15) is 11.6 Å². The molecule has 132 valence electrons. The number of likely N-dealkylation sites (tertiary alicyclic amines) is 1. The van der Waals surface area contributed by atoms with Crippen LogP contribution in [0.15, 0.2) is 34.9 Å². The molecule has 1 aliphatic rings. The Kier molecular flexibility index (Phi) is 4.44. The van der Waals surface area contributed by atoms with E-state index in [1.54, 1.807) is 6.26 Å². The Morgan fingerprint density at radius 2 is 2.20 bits per heavy atom. The second-order valence-electron chi connectivity index (χ2n) is 7.04. The summed E-state index contributed by atoms with van der Waals surface area (Å²) < 4.78 is 7.40. The molecule has 0 amide bonds. The van der Waals surface area contributed by atoms with E-state index >= 15 is 0 Å². The third-order valence-corrected chi connectivity index (χ3v) is 4.81. The van der Waals surface area contributed by atoms with Crippen molar-refractivity contribution in [1.82, 2.24) is 19.5 Å². The van der Waals surface area contributed by atoms with E-state index in [1.165, 1.54) is 12.8 Å². The molecule has 4 heterocycles. The van der Waals surface area contributed by atoms with E-state index in [9.17, 15) is 0 Å². The van der Waals surface area contributed by atoms with Crippen molar-refractivity contribution in [2.45, 2.75) is 33.2 Å². The fraction of sp³-hybridized carbons (Fsp3) is 0.474. The highest BCUT2D eigenvalue weighted by molar-refractivity contribution is 5.50. The van der Waals surface area contributed by atoms with Gasteiger partial charge in [-0.15, -0.1) is 0 Å². The van der Waals surface area contributed by atoms with Crippen molar-refractivity contribution in [1.29, 1.82) is 0 Å². The van der Waals surface area contributed by atoms with E-state index in [-0.39, 0.29) is 0 Å². The van der Waals surface area contributed by atoms with Crippen LogP contribution >= 0.6 is 0 Å². The number of anilines is 1. The first kappa shape index (κ1) is 16.1. The highest BCUT2D eigenvalue weighted by Crippen LogP contribution is 2.20. The number of furan rings is 1. The number of hydrogen-bond donors (Lipinski definition) is 1. The summed E-state index contributed by atoms with van der Waals surface area (Å²) in [7, 11) is 0. The van der Waals surface area contributed by atoms with Crippen LogP contribution in [-0.2, 0) is 6.54 Å². The molecule has 0 aliphatic carbocycles. The van der Waals surface area contributed by atoms with Crippen molar-refractivity contribution in [2.24, 2.45) is 5.92 Å². The molecule has 3 aromatic heterocycles. The van der Waals surface area contributed by atoms with Crippen LogP contribution in [0.5, 0.6) is 0 Å². The Bertz CT molecular complexity index is 839. The van der Waals surface area contributed by atoms with Gasteiger partial charge in [-0.1, -0.05) is 0 Å². The van der Waals surface area contributed by atoms with Crippen molar-refractivity contribution in [3.05, 3.63) is 47.7 Å². The molecule has 25 heavy (non-hydrogen) atoms. The van der Waals surface area contributed by atoms with Gasteiger partial charge in [-0.25, -0.2) is 4.98 Å². The van der Waals surface area contributed by atoms with E-state index in [1.807, 2.05) is 30.5 Å². The Morgan fingerprint density at radius 3 is 3.04 bits per heavy atom. The second-order valence-corrected chi connectivity index (χ2v) is 7.04. The Hall–Kier alpha value is -2.34. The van der Waals surface area contributed by atoms with Crippen molar-refractivity contribution in [3.8, 4) is 0 Å². The lowest BCUT2D eigenvalue weighted by Gasteiger charge is -2.32. The smallest absolute Gasteiger partial charge is 0.157 e. The molecule has 1 aliphatic heterocycles. The molecule has 1 N–H and O–H groups in total. The zero-order valence-electron chi connectivity index (χ0n) is 14.9. The summed E-state index contributed by atoms with van der Waals surface area (Å²) in [6, 6.07) is 8.10. The lowest BCUT2D eigenvalue weighted by atomic mass is 9.98. The van der Waals surface area contributed by atoms with Crippen LogP contribution in [0.1, 0.15) is 30.0 Å². The van der Waals surface area contributed by atoms with Crippen LogP contribution in [0.2, 0.25) is 0 Å². The van der Waals surface area contributed by atoms with Crippen molar-refractivity contribution in [2.75, 3.05) is 25.0 Å². The quantitative estimate of drug-likeness (QED) is 0.773. The SMILES string of the molecule is Cc1cc(NC[C@H]2CCCN(Cc3ccco3)C2)n2nc(C)cc2n1. The molecule has 0 aromatic carbocycles. The van der Waals surface area contributed by atoms with Crippen molar-refractivity contribution in [3.63, 3.8) is 0 Å². The minimum atomic E-state index is 0.629. The van der Waals surface area contributed by atoms with Crippen LogP contribution < -0.4 is 5.32 Å². The first-order chi connectivity index (χ1) is 12.2. The summed E-state index contributed by atoms with van der Waals surface area (Å²) in [6.07, 6.45) is 4.24. The maximum Gasteiger partial charge on any atom is 0.157 e. The zero-order valence-corrected chi connectivity index (χ0v) is 14.9. The molecule has 3 aromatic rings. The molecule has 1 atom stereocenters. The Morgan fingerprint density at radius 1 is 1.28 bits per heavy atom. The minimum Gasteiger partial charge on any atom is -0.468 e. The van der Waals surface area contributed by atoms with E-state index in [0.717, 1.165) is 54.8 Å². The molecule has 6 nitrogen and oxygen atoms in total. The normalized spacial score (nSPS) is 18.7. The van der Waals surface area contributed by atoms with Crippen LogP contribution in [0.25, 0.3) is 5.65 Å². The number of fused-ring (bicyclic) bond motifs is 1. The maximum absolute atomic E-state index is 5.49. The lowest BCUT2D eigenvalue weighted by Crippen LogP contribution is -2.37. The highest BCUT2D eigenvalue weighted by Gasteiger charge is 2.21. The first-order valence-corrected chi connectivity index (χ1v) is 9.00. The molecule has 0 saturated carbocycles. The van der Waals surface area contributed by atoms with Crippen LogP contribution in [0.3, 0.4) is 0 Å². The van der Waals surface area contributed by atoms with Gasteiger partial charge in [0, 0.05) is 30.9 Å². The predicted octanol–water partition coefficient (Wildman–Crippen LogP) is 3.26. The number of piperidine rings is 1. The van der Waals surface area contributed by atoms with Crippen LogP contribution in [0.4, 0.5) is 5.82 Å². The summed E-state index contributed by atoms with van der Waals surface area (Å²) in [6.45, 7) is 8.13. The summed E-state index contributed by atoms with van der Waals surface area (Å²) in [5.41, 5.74) is 2.91.